The van der Waals surface area contributed by atoms with Gasteiger partial charge in [0.25, 0.3) is 0 Å². The second-order valence-corrected chi connectivity index (χ2v) is 4.31. The van der Waals surface area contributed by atoms with Gasteiger partial charge in [-0.1, -0.05) is 12.1 Å². The largest absolute Gasteiger partial charge is 0.508 e. The highest BCUT2D eigenvalue weighted by atomic mass is 19.3. The van der Waals surface area contributed by atoms with Crippen LogP contribution in [0.15, 0.2) is 24.3 Å². The molecule has 0 fully saturated rings. The average Bonchev–Trinajstić information content (AvgIpc) is 2.41. The van der Waals surface area contributed by atoms with Gasteiger partial charge in [0.15, 0.2) is 0 Å². The molecular formula is C13H15F4NO3. The summed E-state index contributed by atoms with van der Waals surface area (Å²) in [5, 5.41) is 11.7. The number of rotatable bonds is 8. The first-order chi connectivity index (χ1) is 9.81. The van der Waals surface area contributed by atoms with E-state index in [0.29, 0.717) is 5.56 Å². The van der Waals surface area contributed by atoms with E-state index in [9.17, 15) is 27.5 Å². The van der Waals surface area contributed by atoms with Gasteiger partial charge in [-0.15, -0.1) is 0 Å². The van der Waals surface area contributed by atoms with E-state index in [1.54, 1.807) is 12.1 Å². The first kappa shape index (κ1) is 17.2. The summed E-state index contributed by atoms with van der Waals surface area (Å²) in [6.07, 6.45) is -4.02. The molecule has 4 nitrogen and oxygen atoms in total. The van der Waals surface area contributed by atoms with Gasteiger partial charge in [-0.25, -0.2) is 8.78 Å². The molecule has 1 aromatic rings. The zero-order valence-corrected chi connectivity index (χ0v) is 11.0. The van der Waals surface area contributed by atoms with Crippen molar-refractivity contribution < 1.29 is 32.2 Å². The summed E-state index contributed by atoms with van der Waals surface area (Å²) in [5.74, 6) is -4.63. The van der Waals surface area contributed by atoms with Crippen LogP contribution in [-0.4, -0.2) is 36.6 Å². The number of aromatic hydroxyl groups is 1. The molecule has 0 aliphatic carbocycles. The molecule has 8 heteroatoms. The van der Waals surface area contributed by atoms with Crippen molar-refractivity contribution in [2.75, 3.05) is 13.2 Å². The minimum atomic E-state index is -4.21. The highest BCUT2D eigenvalue weighted by Gasteiger charge is 2.40. The van der Waals surface area contributed by atoms with Gasteiger partial charge >= 0.3 is 12.3 Å². The Kier molecular flexibility index (Phi) is 6.41. The smallest absolute Gasteiger partial charge is 0.330 e. The van der Waals surface area contributed by atoms with Gasteiger partial charge in [-0.2, -0.15) is 8.78 Å². The topological polar surface area (TPSA) is 58.6 Å². The van der Waals surface area contributed by atoms with E-state index in [4.69, 9.17) is 0 Å². The lowest BCUT2D eigenvalue weighted by Crippen LogP contribution is -2.33. The van der Waals surface area contributed by atoms with Crippen LogP contribution in [0, 0.1) is 0 Å². The first-order valence-electron chi connectivity index (χ1n) is 6.09. The Balaban J connectivity index is 2.20. The summed E-state index contributed by atoms with van der Waals surface area (Å²) >= 11 is 0. The van der Waals surface area contributed by atoms with E-state index in [1.807, 2.05) is 0 Å². The molecule has 1 rings (SSSR count). The van der Waals surface area contributed by atoms with Crippen molar-refractivity contribution in [2.24, 2.45) is 0 Å². The van der Waals surface area contributed by atoms with Gasteiger partial charge in [0.1, 0.15) is 12.4 Å². The highest BCUT2D eigenvalue weighted by molar-refractivity contribution is 5.75. The molecule has 0 saturated heterocycles. The molecule has 0 atom stereocenters. The number of nitrogens with one attached hydrogen (secondary N) is 1. The van der Waals surface area contributed by atoms with Crippen LogP contribution in [0.25, 0.3) is 0 Å². The summed E-state index contributed by atoms with van der Waals surface area (Å²) in [6.45, 7) is -1.65. The SMILES string of the molecule is O=C(CCOCC(F)(F)C(F)F)NCc1cccc(O)c1. The molecule has 0 radical (unpaired) electrons. The van der Waals surface area contributed by atoms with Crippen molar-refractivity contribution in [3.05, 3.63) is 29.8 Å². The predicted octanol–water partition coefficient (Wildman–Crippen LogP) is 2.32. The van der Waals surface area contributed by atoms with Crippen LogP contribution < -0.4 is 5.32 Å². The quantitative estimate of drug-likeness (QED) is 0.572. The van der Waals surface area contributed by atoms with Crippen molar-refractivity contribution in [3.63, 3.8) is 0 Å². The summed E-state index contributed by atoms with van der Waals surface area (Å²) < 4.78 is 52.9. The predicted molar refractivity (Wildman–Crippen MR) is 66.3 cm³/mol. The highest BCUT2D eigenvalue weighted by Crippen LogP contribution is 2.22. The molecule has 0 aliphatic rings. The molecule has 0 bridgehead atoms. The maximum Gasteiger partial charge on any atom is 0.330 e. The fraction of sp³-hybridized carbons (Fsp3) is 0.462. The third kappa shape index (κ3) is 6.44. The van der Waals surface area contributed by atoms with Crippen LogP contribution in [0.3, 0.4) is 0 Å². The lowest BCUT2D eigenvalue weighted by molar-refractivity contribution is -0.166. The Labute approximate surface area is 118 Å². The number of hydrogen-bond acceptors (Lipinski definition) is 3. The molecule has 21 heavy (non-hydrogen) atoms. The van der Waals surface area contributed by atoms with Crippen molar-refractivity contribution in [3.8, 4) is 5.75 Å². The molecule has 0 saturated carbocycles. The Hall–Kier alpha value is -1.83. The van der Waals surface area contributed by atoms with E-state index >= 15 is 0 Å². The van der Waals surface area contributed by atoms with Crippen LogP contribution in [0.2, 0.25) is 0 Å². The number of ether oxygens (including phenoxy) is 1. The number of hydrogen-bond donors (Lipinski definition) is 2. The zero-order chi connectivity index (χ0) is 15.9. The minimum Gasteiger partial charge on any atom is -0.508 e. The molecule has 0 spiro atoms. The molecule has 1 amide bonds. The van der Waals surface area contributed by atoms with Crippen LogP contribution in [0.4, 0.5) is 17.6 Å². The number of amides is 1. The van der Waals surface area contributed by atoms with Crippen molar-refractivity contribution >= 4 is 5.91 Å². The Morgan fingerprint density at radius 3 is 2.71 bits per heavy atom. The summed E-state index contributed by atoms with van der Waals surface area (Å²) in [6, 6.07) is 6.22. The lowest BCUT2D eigenvalue weighted by Gasteiger charge is -2.15. The molecule has 2 N–H and O–H groups in total. The van der Waals surface area contributed by atoms with Gasteiger partial charge in [0.2, 0.25) is 5.91 Å². The van der Waals surface area contributed by atoms with Crippen LogP contribution in [0.1, 0.15) is 12.0 Å². The first-order valence-corrected chi connectivity index (χ1v) is 6.09. The third-order valence-corrected chi connectivity index (χ3v) is 2.49. The van der Waals surface area contributed by atoms with E-state index in [2.05, 4.69) is 10.1 Å². The van der Waals surface area contributed by atoms with Gasteiger partial charge in [-0.05, 0) is 17.7 Å². The number of benzene rings is 1. The molecule has 118 valence electrons. The monoisotopic (exact) mass is 309 g/mol. The van der Waals surface area contributed by atoms with Gasteiger partial charge in [0.05, 0.1) is 6.61 Å². The number of carbonyl (C=O) groups is 1. The normalized spacial score (nSPS) is 11.7. The fourth-order valence-electron chi connectivity index (χ4n) is 1.39. The van der Waals surface area contributed by atoms with Crippen molar-refractivity contribution in [1.82, 2.24) is 5.32 Å². The van der Waals surface area contributed by atoms with E-state index < -0.39 is 24.9 Å². The number of phenolic OH excluding ortho intramolecular Hbond substituents is 1. The standard InChI is InChI=1S/C13H15F4NO3/c14-12(15)13(16,17)8-21-5-4-11(20)18-7-9-2-1-3-10(19)6-9/h1-3,6,12,19H,4-5,7-8H2,(H,18,20). The fourth-order valence-corrected chi connectivity index (χ4v) is 1.39. The van der Waals surface area contributed by atoms with E-state index in [1.165, 1.54) is 12.1 Å². The minimum absolute atomic E-state index is 0.0549. The molecule has 0 unspecified atom stereocenters. The Morgan fingerprint density at radius 1 is 1.38 bits per heavy atom. The molecule has 0 aliphatic heterocycles. The van der Waals surface area contributed by atoms with Gasteiger partial charge in [-0.3, -0.25) is 4.79 Å². The molecular weight excluding hydrogens is 294 g/mol. The molecule has 0 heterocycles. The van der Waals surface area contributed by atoms with Crippen molar-refractivity contribution in [1.29, 1.82) is 0 Å². The number of carbonyl (C=O) groups excluding carboxylic acids is 1. The summed E-state index contributed by atoms with van der Waals surface area (Å²) in [7, 11) is 0. The zero-order valence-electron chi connectivity index (χ0n) is 11.0. The van der Waals surface area contributed by atoms with Gasteiger partial charge < -0.3 is 15.2 Å². The van der Waals surface area contributed by atoms with Crippen LogP contribution in [0.5, 0.6) is 5.75 Å². The maximum absolute atomic E-state index is 12.5. The lowest BCUT2D eigenvalue weighted by atomic mass is 10.2. The Bertz CT molecular complexity index is 468. The van der Waals surface area contributed by atoms with Gasteiger partial charge in [0, 0.05) is 13.0 Å². The molecule has 1 aromatic carbocycles. The number of phenols is 1. The maximum atomic E-state index is 12.5. The number of halogens is 4. The van der Waals surface area contributed by atoms with Crippen LogP contribution in [-0.2, 0) is 16.1 Å². The van der Waals surface area contributed by atoms with Crippen molar-refractivity contribution in [2.45, 2.75) is 25.3 Å². The summed E-state index contributed by atoms with van der Waals surface area (Å²) in [4.78, 5) is 11.4. The third-order valence-electron chi connectivity index (χ3n) is 2.49. The average molecular weight is 309 g/mol. The summed E-state index contributed by atoms with van der Waals surface area (Å²) in [5.41, 5.74) is 0.661. The molecule has 0 aromatic heterocycles. The second kappa shape index (κ2) is 7.82. The second-order valence-electron chi connectivity index (χ2n) is 4.31. The number of alkyl halides is 4. The van der Waals surface area contributed by atoms with E-state index in [-0.39, 0.29) is 25.3 Å². The van der Waals surface area contributed by atoms with Crippen LogP contribution >= 0.6 is 0 Å². The van der Waals surface area contributed by atoms with E-state index in [0.717, 1.165) is 0 Å². The Morgan fingerprint density at radius 2 is 2.10 bits per heavy atom.